The van der Waals surface area contributed by atoms with E-state index in [9.17, 15) is 9.18 Å². The molecule has 0 spiro atoms. The van der Waals surface area contributed by atoms with Crippen molar-refractivity contribution in [2.24, 2.45) is 16.8 Å². The average Bonchev–Trinajstić information content (AvgIpc) is 2.94. The zero-order valence-electron chi connectivity index (χ0n) is 11.7. The molecule has 3 aliphatic rings. The van der Waals surface area contributed by atoms with Crippen molar-refractivity contribution in [3.8, 4) is 0 Å². The number of hydrogen-bond donors (Lipinski definition) is 1. The predicted molar refractivity (Wildman–Crippen MR) is 76.0 cm³/mol. The van der Waals surface area contributed by atoms with E-state index in [1.807, 2.05) is 0 Å². The van der Waals surface area contributed by atoms with Gasteiger partial charge in [-0.05, 0) is 51.9 Å². The maximum atomic E-state index is 14.2. The van der Waals surface area contributed by atoms with Gasteiger partial charge in [-0.3, -0.25) is 9.79 Å². The second kappa shape index (κ2) is 4.21. The summed E-state index contributed by atoms with van der Waals surface area (Å²) in [5.74, 6) is 1.25. The minimum Gasteiger partial charge on any atom is -0.304 e. The van der Waals surface area contributed by atoms with Gasteiger partial charge in [0.2, 0.25) is 5.91 Å². The lowest BCUT2D eigenvalue weighted by Gasteiger charge is -2.29. The zero-order chi connectivity index (χ0) is 13.8. The van der Waals surface area contributed by atoms with Crippen LogP contribution in [0.4, 0.5) is 4.39 Å². The van der Waals surface area contributed by atoms with Crippen LogP contribution in [0.25, 0.3) is 0 Å². The topological polar surface area (TPSA) is 41.5 Å². The van der Waals surface area contributed by atoms with Crippen LogP contribution in [0, 0.1) is 11.8 Å². The first-order valence-corrected chi connectivity index (χ1v) is 7.88. The SMILES string of the molecule is CC(C)(F)C1(C)SC(=N[C@@H]2C[C@H]3CC[C@@H]2C3)NC1=O. The normalized spacial score (nSPS) is 44.1. The first kappa shape index (κ1) is 13.4. The molecule has 0 aromatic heterocycles. The van der Waals surface area contributed by atoms with Crippen molar-refractivity contribution in [1.82, 2.24) is 5.32 Å². The molecule has 106 valence electrons. The predicted octanol–water partition coefficient (Wildman–Crippen LogP) is 2.90. The summed E-state index contributed by atoms with van der Waals surface area (Å²) < 4.78 is 13.2. The summed E-state index contributed by atoms with van der Waals surface area (Å²) in [6.07, 6.45) is 5.02. The van der Waals surface area contributed by atoms with Gasteiger partial charge in [0.25, 0.3) is 0 Å². The Morgan fingerprint density at radius 1 is 1.42 bits per heavy atom. The Morgan fingerprint density at radius 3 is 2.63 bits per heavy atom. The van der Waals surface area contributed by atoms with E-state index in [-0.39, 0.29) is 5.91 Å². The van der Waals surface area contributed by atoms with E-state index in [0.29, 0.717) is 17.1 Å². The van der Waals surface area contributed by atoms with Gasteiger partial charge in [-0.15, -0.1) is 0 Å². The fourth-order valence-corrected chi connectivity index (χ4v) is 4.56. The highest BCUT2D eigenvalue weighted by atomic mass is 32.2. The van der Waals surface area contributed by atoms with E-state index in [4.69, 9.17) is 4.99 Å². The van der Waals surface area contributed by atoms with Crippen molar-refractivity contribution < 1.29 is 9.18 Å². The van der Waals surface area contributed by atoms with Crippen LogP contribution in [0.2, 0.25) is 0 Å². The zero-order valence-corrected chi connectivity index (χ0v) is 12.5. The number of aliphatic imine (C=N–C) groups is 1. The van der Waals surface area contributed by atoms with Gasteiger partial charge in [-0.25, -0.2) is 4.39 Å². The summed E-state index contributed by atoms with van der Waals surface area (Å²) in [6.45, 7) is 4.58. The molecule has 0 radical (unpaired) electrons. The number of rotatable bonds is 2. The van der Waals surface area contributed by atoms with Gasteiger partial charge in [0, 0.05) is 0 Å². The molecular formula is C14H21FN2OS. The second-order valence-electron chi connectivity index (χ2n) is 6.74. The van der Waals surface area contributed by atoms with Crippen molar-refractivity contribution >= 4 is 22.8 Å². The smallest absolute Gasteiger partial charge is 0.245 e. The molecule has 1 amide bonds. The van der Waals surface area contributed by atoms with Crippen molar-refractivity contribution in [3.05, 3.63) is 0 Å². The summed E-state index contributed by atoms with van der Waals surface area (Å²) in [6, 6.07) is 0.339. The monoisotopic (exact) mass is 284 g/mol. The lowest BCUT2D eigenvalue weighted by atomic mass is 9.93. The summed E-state index contributed by atoms with van der Waals surface area (Å²) in [4.78, 5) is 16.7. The van der Waals surface area contributed by atoms with E-state index in [2.05, 4.69) is 5.32 Å². The maximum Gasteiger partial charge on any atom is 0.245 e. The fraction of sp³-hybridized carbons (Fsp3) is 0.857. The standard InChI is InChI=1S/C14H21FN2OS/c1-13(2,15)14(3)11(18)17-12(19-14)16-10-7-8-4-5-9(10)6-8/h8-10H,4-7H2,1-3H3,(H,16,17,18)/t8-,9+,10+,14?/m0/s1. The van der Waals surface area contributed by atoms with Gasteiger partial charge in [-0.1, -0.05) is 18.2 Å². The first-order valence-electron chi connectivity index (χ1n) is 7.07. The Balaban J connectivity index is 1.76. The van der Waals surface area contributed by atoms with Crippen molar-refractivity contribution in [3.63, 3.8) is 0 Å². The molecule has 1 heterocycles. The molecule has 4 atom stereocenters. The minimum absolute atomic E-state index is 0.257. The van der Waals surface area contributed by atoms with Crippen molar-refractivity contribution in [2.45, 2.75) is 62.9 Å². The van der Waals surface area contributed by atoms with E-state index < -0.39 is 10.4 Å². The first-order chi connectivity index (χ1) is 8.79. The molecule has 19 heavy (non-hydrogen) atoms. The largest absolute Gasteiger partial charge is 0.304 e. The molecule has 1 saturated heterocycles. The molecule has 5 heteroatoms. The third-order valence-corrected chi connectivity index (χ3v) is 6.55. The lowest BCUT2D eigenvalue weighted by molar-refractivity contribution is -0.124. The maximum absolute atomic E-state index is 14.2. The third kappa shape index (κ3) is 2.10. The number of alkyl halides is 1. The number of nitrogens with zero attached hydrogens (tertiary/aromatic N) is 1. The van der Waals surface area contributed by atoms with Gasteiger partial charge < -0.3 is 5.32 Å². The molecular weight excluding hydrogens is 263 g/mol. The van der Waals surface area contributed by atoms with Gasteiger partial charge in [0.05, 0.1) is 6.04 Å². The summed E-state index contributed by atoms with van der Waals surface area (Å²) >= 11 is 1.26. The van der Waals surface area contributed by atoms with E-state index in [0.717, 1.165) is 12.3 Å². The van der Waals surface area contributed by atoms with E-state index in [1.54, 1.807) is 6.92 Å². The van der Waals surface area contributed by atoms with Crippen LogP contribution in [0.1, 0.15) is 46.5 Å². The molecule has 0 aromatic rings. The highest BCUT2D eigenvalue weighted by Gasteiger charge is 2.54. The van der Waals surface area contributed by atoms with Crippen LogP contribution in [-0.2, 0) is 4.79 Å². The van der Waals surface area contributed by atoms with Gasteiger partial charge >= 0.3 is 0 Å². The summed E-state index contributed by atoms with van der Waals surface area (Å²) in [5, 5.41) is 3.39. The molecule has 3 rings (SSSR count). The number of carbonyl (C=O) groups is 1. The van der Waals surface area contributed by atoms with Gasteiger partial charge in [0.15, 0.2) is 5.17 Å². The molecule has 3 nitrogen and oxygen atoms in total. The van der Waals surface area contributed by atoms with Crippen LogP contribution in [0.3, 0.4) is 0 Å². The average molecular weight is 284 g/mol. The summed E-state index contributed by atoms with van der Waals surface area (Å²) in [7, 11) is 0. The van der Waals surface area contributed by atoms with Gasteiger partial charge in [-0.2, -0.15) is 0 Å². The number of hydrogen-bond acceptors (Lipinski definition) is 3. The second-order valence-corrected chi connectivity index (χ2v) is 8.15. The third-order valence-electron chi connectivity index (χ3n) is 5.07. The Morgan fingerprint density at radius 2 is 2.16 bits per heavy atom. The number of amidine groups is 1. The number of thioether (sulfide) groups is 1. The van der Waals surface area contributed by atoms with Crippen LogP contribution in [0.5, 0.6) is 0 Å². The van der Waals surface area contributed by atoms with Crippen molar-refractivity contribution in [1.29, 1.82) is 0 Å². The van der Waals surface area contributed by atoms with Crippen LogP contribution in [0.15, 0.2) is 4.99 Å². The van der Waals surface area contributed by atoms with E-state index in [1.165, 1.54) is 44.9 Å². The molecule has 1 N–H and O–H groups in total. The quantitative estimate of drug-likeness (QED) is 0.847. The minimum atomic E-state index is -1.56. The number of amides is 1. The highest BCUT2D eigenvalue weighted by Crippen LogP contribution is 2.47. The van der Waals surface area contributed by atoms with Crippen LogP contribution >= 0.6 is 11.8 Å². The molecule has 0 aromatic carbocycles. The molecule has 2 bridgehead atoms. The highest BCUT2D eigenvalue weighted by molar-refractivity contribution is 8.16. The molecule has 3 fully saturated rings. The van der Waals surface area contributed by atoms with Gasteiger partial charge in [0.1, 0.15) is 10.4 Å². The molecule has 2 saturated carbocycles. The molecule has 2 aliphatic carbocycles. The Hall–Kier alpha value is -0.580. The molecule has 1 aliphatic heterocycles. The van der Waals surface area contributed by atoms with Crippen LogP contribution < -0.4 is 5.32 Å². The number of fused-ring (bicyclic) bond motifs is 2. The Bertz CT molecular complexity index is 445. The van der Waals surface area contributed by atoms with Crippen LogP contribution in [-0.4, -0.2) is 27.5 Å². The fourth-order valence-electron chi connectivity index (χ4n) is 3.45. The Labute approximate surface area is 117 Å². The molecule has 1 unspecified atom stereocenters. The number of carbonyl (C=O) groups excluding carboxylic acids is 1. The summed E-state index contributed by atoms with van der Waals surface area (Å²) in [5.41, 5.74) is -1.56. The number of halogens is 1. The van der Waals surface area contributed by atoms with Crippen molar-refractivity contribution in [2.75, 3.05) is 0 Å². The number of nitrogens with one attached hydrogen (secondary N) is 1. The van der Waals surface area contributed by atoms with E-state index >= 15 is 0 Å². The Kier molecular flexibility index (Phi) is 2.97. The lowest BCUT2D eigenvalue weighted by Crippen LogP contribution is -2.48.